The Hall–Kier alpha value is -2.27. The van der Waals surface area contributed by atoms with Crippen molar-refractivity contribution in [2.45, 2.75) is 25.5 Å². The molecule has 1 aliphatic rings. The Morgan fingerprint density at radius 3 is 2.83 bits per heavy atom. The molecule has 0 radical (unpaired) electrons. The fraction of sp³-hybridized carbons (Fsp3) is 0.389. The molecule has 1 atom stereocenters. The van der Waals surface area contributed by atoms with Gasteiger partial charge in [-0.15, -0.1) is 0 Å². The highest BCUT2D eigenvalue weighted by molar-refractivity contribution is 5.99. The molecule has 1 amide bonds. The topological polar surface area (TPSA) is 65.7 Å². The molecule has 1 aromatic heterocycles. The standard InChI is InChI=1S/C18H22N2O3/c1-20(12-17(21)13-8-9-13)18(22)15-6-2-3-7-16(15)19-11-14-5-4-10-23-14/h2-7,10,13,17,19,21H,8-9,11-12H2,1H3. The van der Waals surface area contributed by atoms with Gasteiger partial charge >= 0.3 is 0 Å². The van der Waals surface area contributed by atoms with E-state index in [0.717, 1.165) is 24.3 Å². The van der Waals surface area contributed by atoms with Gasteiger partial charge in [0.1, 0.15) is 5.76 Å². The summed E-state index contributed by atoms with van der Waals surface area (Å²) in [5.41, 5.74) is 1.37. The first kappa shape index (κ1) is 15.6. The average Bonchev–Trinajstić information content (AvgIpc) is 3.29. The van der Waals surface area contributed by atoms with E-state index in [4.69, 9.17) is 4.42 Å². The fourth-order valence-electron chi connectivity index (χ4n) is 2.62. The molecule has 5 heteroatoms. The summed E-state index contributed by atoms with van der Waals surface area (Å²) in [6, 6.07) is 11.1. The van der Waals surface area contributed by atoms with Crippen LogP contribution in [0.15, 0.2) is 47.1 Å². The first-order valence-corrected chi connectivity index (χ1v) is 7.94. The Labute approximate surface area is 135 Å². The van der Waals surface area contributed by atoms with Crippen molar-refractivity contribution in [1.29, 1.82) is 0 Å². The van der Waals surface area contributed by atoms with Gasteiger partial charge in [-0.05, 0) is 43.0 Å². The van der Waals surface area contributed by atoms with E-state index in [-0.39, 0.29) is 5.91 Å². The van der Waals surface area contributed by atoms with Crippen LogP contribution in [0.3, 0.4) is 0 Å². The van der Waals surface area contributed by atoms with E-state index < -0.39 is 6.10 Å². The van der Waals surface area contributed by atoms with Gasteiger partial charge < -0.3 is 19.7 Å². The third-order valence-electron chi connectivity index (χ3n) is 4.16. The zero-order valence-corrected chi connectivity index (χ0v) is 13.2. The van der Waals surface area contributed by atoms with Crippen LogP contribution < -0.4 is 5.32 Å². The summed E-state index contributed by atoms with van der Waals surface area (Å²) >= 11 is 0. The lowest BCUT2D eigenvalue weighted by atomic mass is 10.1. The van der Waals surface area contributed by atoms with Crippen molar-refractivity contribution < 1.29 is 14.3 Å². The van der Waals surface area contributed by atoms with Crippen molar-refractivity contribution in [2.75, 3.05) is 18.9 Å². The van der Waals surface area contributed by atoms with Crippen LogP contribution in [0.25, 0.3) is 0 Å². The summed E-state index contributed by atoms with van der Waals surface area (Å²) in [5.74, 6) is 1.08. The predicted octanol–water partition coefficient (Wildman–Crippen LogP) is 2.73. The monoisotopic (exact) mass is 314 g/mol. The second-order valence-electron chi connectivity index (χ2n) is 6.07. The lowest BCUT2D eigenvalue weighted by Gasteiger charge is -2.22. The lowest BCUT2D eigenvalue weighted by molar-refractivity contribution is 0.0646. The molecule has 122 valence electrons. The molecular formula is C18H22N2O3. The van der Waals surface area contributed by atoms with E-state index in [0.29, 0.717) is 24.6 Å². The van der Waals surface area contributed by atoms with Gasteiger partial charge in [0.2, 0.25) is 0 Å². The van der Waals surface area contributed by atoms with Gasteiger partial charge in [0.25, 0.3) is 5.91 Å². The first-order chi connectivity index (χ1) is 11.1. The van der Waals surface area contributed by atoms with E-state index in [1.807, 2.05) is 30.3 Å². The predicted molar refractivity (Wildman–Crippen MR) is 88.2 cm³/mol. The lowest BCUT2D eigenvalue weighted by Crippen LogP contribution is -2.35. The largest absolute Gasteiger partial charge is 0.467 e. The van der Waals surface area contributed by atoms with Crippen LogP contribution in [0.2, 0.25) is 0 Å². The third-order valence-corrected chi connectivity index (χ3v) is 4.16. The van der Waals surface area contributed by atoms with E-state index in [1.165, 1.54) is 0 Å². The average molecular weight is 314 g/mol. The Bertz CT molecular complexity index is 650. The number of benzene rings is 1. The molecular weight excluding hydrogens is 292 g/mol. The highest BCUT2D eigenvalue weighted by atomic mass is 16.3. The van der Waals surface area contributed by atoms with Crippen molar-refractivity contribution in [3.63, 3.8) is 0 Å². The Morgan fingerprint density at radius 1 is 1.35 bits per heavy atom. The molecule has 1 fully saturated rings. The van der Waals surface area contributed by atoms with Crippen molar-refractivity contribution in [1.82, 2.24) is 4.90 Å². The maximum Gasteiger partial charge on any atom is 0.255 e. The second-order valence-corrected chi connectivity index (χ2v) is 6.07. The molecule has 0 bridgehead atoms. The minimum absolute atomic E-state index is 0.0905. The quantitative estimate of drug-likeness (QED) is 0.825. The molecule has 2 N–H and O–H groups in total. The van der Waals surface area contributed by atoms with Gasteiger partial charge in [-0.2, -0.15) is 0 Å². The molecule has 5 nitrogen and oxygen atoms in total. The van der Waals surface area contributed by atoms with E-state index in [2.05, 4.69) is 5.32 Å². The summed E-state index contributed by atoms with van der Waals surface area (Å²) in [7, 11) is 1.73. The minimum atomic E-state index is -0.424. The Morgan fingerprint density at radius 2 is 2.13 bits per heavy atom. The van der Waals surface area contributed by atoms with Crippen molar-refractivity contribution in [3.8, 4) is 0 Å². The number of carbonyl (C=O) groups excluding carboxylic acids is 1. The molecule has 1 saturated carbocycles. The molecule has 1 aliphatic carbocycles. The zero-order valence-electron chi connectivity index (χ0n) is 13.2. The van der Waals surface area contributed by atoms with Gasteiger partial charge in [0.05, 0.1) is 24.5 Å². The van der Waals surface area contributed by atoms with Crippen LogP contribution in [0.5, 0.6) is 0 Å². The van der Waals surface area contributed by atoms with E-state index in [1.54, 1.807) is 24.3 Å². The highest BCUT2D eigenvalue weighted by Gasteiger charge is 2.31. The number of aliphatic hydroxyl groups excluding tert-OH is 1. The molecule has 2 aromatic rings. The van der Waals surface area contributed by atoms with Crippen LogP contribution in [0, 0.1) is 5.92 Å². The number of aliphatic hydroxyl groups is 1. The fourth-order valence-corrected chi connectivity index (χ4v) is 2.62. The minimum Gasteiger partial charge on any atom is -0.467 e. The number of rotatable bonds is 7. The summed E-state index contributed by atoms with van der Waals surface area (Å²) in [5, 5.41) is 13.3. The summed E-state index contributed by atoms with van der Waals surface area (Å²) in [6.07, 6.45) is 3.32. The second kappa shape index (κ2) is 6.87. The molecule has 1 unspecified atom stereocenters. The number of nitrogens with zero attached hydrogens (tertiary/aromatic N) is 1. The van der Waals surface area contributed by atoms with Gasteiger partial charge in [-0.25, -0.2) is 0 Å². The first-order valence-electron chi connectivity index (χ1n) is 7.94. The number of anilines is 1. The number of para-hydroxylation sites is 1. The normalized spacial score (nSPS) is 15.2. The van der Waals surface area contributed by atoms with Crippen molar-refractivity contribution in [2.24, 2.45) is 5.92 Å². The van der Waals surface area contributed by atoms with E-state index in [9.17, 15) is 9.90 Å². The number of likely N-dealkylation sites (N-methyl/N-ethyl adjacent to an activating group) is 1. The third kappa shape index (κ3) is 3.93. The molecule has 23 heavy (non-hydrogen) atoms. The van der Waals surface area contributed by atoms with Crippen LogP contribution in [-0.4, -0.2) is 35.6 Å². The van der Waals surface area contributed by atoms with Gasteiger partial charge in [0, 0.05) is 19.3 Å². The molecule has 1 aromatic carbocycles. The number of carbonyl (C=O) groups is 1. The van der Waals surface area contributed by atoms with Gasteiger partial charge in [-0.3, -0.25) is 4.79 Å². The van der Waals surface area contributed by atoms with Crippen molar-refractivity contribution >= 4 is 11.6 Å². The Kier molecular flexibility index (Phi) is 4.67. The maximum atomic E-state index is 12.7. The smallest absolute Gasteiger partial charge is 0.255 e. The maximum absolute atomic E-state index is 12.7. The van der Waals surface area contributed by atoms with Crippen LogP contribution >= 0.6 is 0 Å². The van der Waals surface area contributed by atoms with Gasteiger partial charge in [0.15, 0.2) is 0 Å². The number of nitrogens with one attached hydrogen (secondary N) is 1. The Balaban J connectivity index is 1.66. The van der Waals surface area contributed by atoms with Crippen LogP contribution in [-0.2, 0) is 6.54 Å². The summed E-state index contributed by atoms with van der Waals surface area (Å²) < 4.78 is 5.30. The van der Waals surface area contributed by atoms with E-state index >= 15 is 0 Å². The zero-order chi connectivity index (χ0) is 16.2. The summed E-state index contributed by atoms with van der Waals surface area (Å²) in [6.45, 7) is 0.891. The SMILES string of the molecule is CN(CC(O)C1CC1)C(=O)c1ccccc1NCc1ccco1. The number of hydrogen-bond donors (Lipinski definition) is 2. The van der Waals surface area contributed by atoms with Gasteiger partial charge in [-0.1, -0.05) is 12.1 Å². The molecule has 1 heterocycles. The molecule has 0 spiro atoms. The van der Waals surface area contributed by atoms with Crippen LogP contribution in [0.4, 0.5) is 5.69 Å². The molecule has 0 aliphatic heterocycles. The number of furan rings is 1. The van der Waals surface area contributed by atoms with Crippen molar-refractivity contribution in [3.05, 3.63) is 54.0 Å². The molecule has 0 saturated heterocycles. The van der Waals surface area contributed by atoms with Crippen LogP contribution in [0.1, 0.15) is 29.0 Å². The molecule has 3 rings (SSSR count). The highest BCUT2D eigenvalue weighted by Crippen LogP contribution is 2.33. The summed E-state index contributed by atoms with van der Waals surface area (Å²) in [4.78, 5) is 14.3. The number of hydrogen-bond acceptors (Lipinski definition) is 4. The number of amides is 1.